The monoisotopic (exact) mass is 246 g/mol. The second kappa shape index (κ2) is 2.83. The summed E-state index contributed by atoms with van der Waals surface area (Å²) in [4.78, 5) is 0. The van der Waals surface area contributed by atoms with Gasteiger partial charge in [0.05, 0.1) is 0 Å². The Kier molecular flexibility index (Phi) is 1.72. The summed E-state index contributed by atoms with van der Waals surface area (Å²) in [7, 11) is 0. The van der Waals surface area contributed by atoms with Crippen LogP contribution in [0, 0.1) is 0 Å². The van der Waals surface area contributed by atoms with Crippen LogP contribution in [0.15, 0.2) is 34.8 Å². The van der Waals surface area contributed by atoms with Gasteiger partial charge in [-0.05, 0) is 40.3 Å². The van der Waals surface area contributed by atoms with Crippen molar-refractivity contribution < 1.29 is 0 Å². The molecular formula is C13H11Br. The highest BCUT2D eigenvalue weighted by Gasteiger charge is 2.22. The van der Waals surface area contributed by atoms with Gasteiger partial charge in [-0.25, -0.2) is 0 Å². The number of hydrogen-bond donors (Lipinski definition) is 0. The first kappa shape index (κ1) is 8.49. The molecule has 0 aliphatic heterocycles. The van der Waals surface area contributed by atoms with E-state index in [9.17, 15) is 0 Å². The van der Waals surface area contributed by atoms with Crippen molar-refractivity contribution in [3.05, 3.63) is 45.9 Å². The van der Waals surface area contributed by atoms with Crippen molar-refractivity contribution in [2.24, 2.45) is 0 Å². The Labute approximate surface area is 92.1 Å². The van der Waals surface area contributed by atoms with Crippen LogP contribution in [0.5, 0.6) is 0 Å². The van der Waals surface area contributed by atoms with Gasteiger partial charge >= 0.3 is 0 Å². The van der Waals surface area contributed by atoms with Gasteiger partial charge in [0.1, 0.15) is 0 Å². The first-order chi connectivity index (χ1) is 6.77. The highest BCUT2D eigenvalue weighted by molar-refractivity contribution is 9.10. The molecule has 0 radical (unpaired) electrons. The zero-order valence-corrected chi connectivity index (χ0v) is 9.64. The van der Waals surface area contributed by atoms with E-state index in [0.29, 0.717) is 5.92 Å². The van der Waals surface area contributed by atoms with Gasteiger partial charge in [-0.15, -0.1) is 0 Å². The van der Waals surface area contributed by atoms with Crippen LogP contribution in [0.2, 0.25) is 0 Å². The molecule has 3 rings (SSSR count). The maximum Gasteiger partial charge on any atom is 0.0214 e. The van der Waals surface area contributed by atoms with E-state index in [-0.39, 0.29) is 0 Å². The normalized spacial score (nSPS) is 19.1. The van der Waals surface area contributed by atoms with E-state index in [1.807, 2.05) is 0 Å². The molecule has 70 valence electrons. The van der Waals surface area contributed by atoms with Crippen molar-refractivity contribution in [1.29, 1.82) is 0 Å². The molecule has 0 fully saturated rings. The van der Waals surface area contributed by atoms with Crippen LogP contribution in [0.3, 0.4) is 0 Å². The quantitative estimate of drug-likeness (QED) is 0.652. The van der Waals surface area contributed by atoms with Crippen molar-refractivity contribution in [2.75, 3.05) is 0 Å². The number of hydrogen-bond acceptors (Lipinski definition) is 0. The fraction of sp³-hybridized carbons (Fsp3) is 0.231. The minimum absolute atomic E-state index is 0.674. The van der Waals surface area contributed by atoms with Crippen molar-refractivity contribution in [1.82, 2.24) is 0 Å². The average molecular weight is 247 g/mol. The van der Waals surface area contributed by atoms with Crippen molar-refractivity contribution in [3.63, 3.8) is 0 Å². The van der Waals surface area contributed by atoms with E-state index in [4.69, 9.17) is 0 Å². The van der Waals surface area contributed by atoms with Gasteiger partial charge in [-0.2, -0.15) is 0 Å². The van der Waals surface area contributed by atoms with E-state index >= 15 is 0 Å². The van der Waals surface area contributed by atoms with Crippen LogP contribution in [-0.2, 0) is 6.42 Å². The molecule has 1 aliphatic carbocycles. The summed E-state index contributed by atoms with van der Waals surface area (Å²) >= 11 is 3.64. The van der Waals surface area contributed by atoms with Gasteiger partial charge in [-0.3, -0.25) is 0 Å². The summed E-state index contributed by atoms with van der Waals surface area (Å²) in [6.07, 6.45) is 1.18. The van der Waals surface area contributed by atoms with Crippen LogP contribution in [0.25, 0.3) is 10.8 Å². The minimum Gasteiger partial charge on any atom is -0.0613 e. The smallest absolute Gasteiger partial charge is 0.0214 e. The van der Waals surface area contributed by atoms with E-state index in [1.54, 1.807) is 0 Å². The lowest BCUT2D eigenvalue weighted by Crippen LogP contribution is -1.87. The third-order valence-corrected chi connectivity index (χ3v) is 3.91. The predicted octanol–water partition coefficient (Wildman–Crippen LogP) is 4.26. The van der Waals surface area contributed by atoms with Gasteiger partial charge in [0, 0.05) is 4.47 Å². The molecule has 0 bridgehead atoms. The largest absolute Gasteiger partial charge is 0.0613 e. The SMILES string of the molecule is CC1Cc2c(Br)ccc3cccc1c23. The van der Waals surface area contributed by atoms with E-state index < -0.39 is 0 Å². The van der Waals surface area contributed by atoms with Crippen LogP contribution in [0.1, 0.15) is 24.0 Å². The van der Waals surface area contributed by atoms with Gasteiger partial charge in [0.25, 0.3) is 0 Å². The van der Waals surface area contributed by atoms with Crippen molar-refractivity contribution in [3.8, 4) is 0 Å². The Bertz CT molecular complexity index is 514. The lowest BCUT2D eigenvalue weighted by Gasteiger charge is -2.03. The molecule has 0 aromatic heterocycles. The summed E-state index contributed by atoms with van der Waals surface area (Å²) in [5, 5.41) is 2.86. The third-order valence-electron chi connectivity index (χ3n) is 3.17. The third kappa shape index (κ3) is 0.992. The van der Waals surface area contributed by atoms with Gasteiger partial charge in [0.15, 0.2) is 0 Å². The molecule has 1 aliphatic rings. The Balaban J connectivity index is 2.51. The van der Waals surface area contributed by atoms with Crippen LogP contribution < -0.4 is 0 Å². The molecule has 0 saturated carbocycles. The number of rotatable bonds is 0. The van der Waals surface area contributed by atoms with E-state index in [2.05, 4.69) is 53.2 Å². The maximum absolute atomic E-state index is 3.64. The van der Waals surface area contributed by atoms with Gasteiger partial charge in [-0.1, -0.05) is 47.1 Å². The summed E-state index contributed by atoms with van der Waals surface area (Å²) in [6, 6.07) is 11.0. The zero-order valence-electron chi connectivity index (χ0n) is 8.05. The van der Waals surface area contributed by atoms with E-state index in [1.165, 1.54) is 32.8 Å². The highest BCUT2D eigenvalue weighted by Crippen LogP contribution is 2.41. The molecule has 0 saturated heterocycles. The van der Waals surface area contributed by atoms with Crippen LogP contribution in [-0.4, -0.2) is 0 Å². The van der Waals surface area contributed by atoms with Gasteiger partial charge in [0.2, 0.25) is 0 Å². The first-order valence-electron chi connectivity index (χ1n) is 4.97. The lowest BCUT2D eigenvalue weighted by atomic mass is 10.0. The summed E-state index contributed by atoms with van der Waals surface area (Å²) < 4.78 is 1.27. The molecule has 0 heterocycles. The Morgan fingerprint density at radius 2 is 2.07 bits per heavy atom. The summed E-state index contributed by atoms with van der Waals surface area (Å²) in [6.45, 7) is 2.31. The van der Waals surface area contributed by atoms with Gasteiger partial charge < -0.3 is 0 Å². The molecule has 0 N–H and O–H groups in total. The summed E-state index contributed by atoms with van der Waals surface area (Å²) in [5.41, 5.74) is 3.00. The Hall–Kier alpha value is -0.820. The topological polar surface area (TPSA) is 0 Å². The standard InChI is InChI=1S/C13H11Br/c1-8-7-11-12(14)6-5-9-3-2-4-10(8)13(9)11/h2-6,8H,7H2,1H3. The number of halogens is 1. The molecule has 1 atom stereocenters. The fourth-order valence-corrected chi connectivity index (χ4v) is 2.98. The first-order valence-corrected chi connectivity index (χ1v) is 5.76. The summed E-state index contributed by atoms with van der Waals surface area (Å²) in [5.74, 6) is 0.674. The fourth-order valence-electron chi connectivity index (χ4n) is 2.49. The van der Waals surface area contributed by atoms with Crippen molar-refractivity contribution >= 4 is 26.7 Å². The highest BCUT2D eigenvalue weighted by atomic mass is 79.9. The molecule has 2 aromatic carbocycles. The van der Waals surface area contributed by atoms with Crippen LogP contribution in [0.4, 0.5) is 0 Å². The molecule has 1 unspecified atom stereocenters. The molecule has 0 nitrogen and oxygen atoms in total. The molecule has 1 heteroatoms. The van der Waals surface area contributed by atoms with Crippen LogP contribution >= 0.6 is 15.9 Å². The number of benzene rings is 2. The lowest BCUT2D eigenvalue weighted by molar-refractivity contribution is 0.796. The minimum atomic E-state index is 0.674. The zero-order chi connectivity index (χ0) is 9.71. The molecular weight excluding hydrogens is 236 g/mol. The Morgan fingerprint density at radius 1 is 1.21 bits per heavy atom. The van der Waals surface area contributed by atoms with Crippen molar-refractivity contribution in [2.45, 2.75) is 19.3 Å². The van der Waals surface area contributed by atoms with E-state index in [0.717, 1.165) is 0 Å². The predicted molar refractivity (Wildman–Crippen MR) is 63.8 cm³/mol. The Morgan fingerprint density at radius 3 is 2.93 bits per heavy atom. The second-order valence-corrected chi connectivity index (χ2v) is 4.93. The molecule has 0 amide bonds. The second-order valence-electron chi connectivity index (χ2n) is 4.08. The molecule has 2 aromatic rings. The molecule has 0 spiro atoms. The maximum atomic E-state index is 3.64. The average Bonchev–Trinajstić information content (AvgIpc) is 2.53. The molecule has 14 heavy (non-hydrogen) atoms.